The molecule has 2 saturated heterocycles. The van der Waals surface area contributed by atoms with Crippen molar-refractivity contribution in [2.75, 3.05) is 34.1 Å². The van der Waals surface area contributed by atoms with Crippen molar-refractivity contribution in [1.29, 1.82) is 0 Å². The van der Waals surface area contributed by atoms with Crippen LogP contribution in [0.25, 0.3) is 0 Å². The zero-order chi connectivity index (χ0) is 21.5. The Morgan fingerprint density at radius 1 is 1.40 bits per heavy atom. The highest BCUT2D eigenvalue weighted by atomic mass is 35.5. The first-order valence-electron chi connectivity index (χ1n) is 9.41. The van der Waals surface area contributed by atoms with E-state index in [-0.39, 0.29) is 19.4 Å². The largest absolute Gasteiger partial charge is 0.341 e. The Hall–Kier alpha value is -2.34. The number of nitro groups is 1. The van der Waals surface area contributed by atoms with Gasteiger partial charge in [0.1, 0.15) is 18.6 Å². The van der Waals surface area contributed by atoms with Gasteiger partial charge in [0.25, 0.3) is 5.96 Å². The number of hydrogen-bond donors (Lipinski definition) is 0. The van der Waals surface area contributed by atoms with Crippen LogP contribution in [-0.2, 0) is 11.3 Å². The lowest BCUT2D eigenvalue weighted by molar-refractivity contribution is -0.486. The van der Waals surface area contributed by atoms with E-state index in [1.165, 1.54) is 36.3 Å². The molecule has 2 fully saturated rings. The molecule has 30 heavy (non-hydrogen) atoms. The Morgan fingerprint density at radius 3 is 2.83 bits per heavy atom. The minimum atomic E-state index is -0.718. The van der Waals surface area contributed by atoms with Crippen LogP contribution < -0.4 is 0 Å². The normalized spacial score (nSPS) is 20.9. The number of halogens is 1. The van der Waals surface area contributed by atoms with Crippen molar-refractivity contribution >= 4 is 28.9 Å². The summed E-state index contributed by atoms with van der Waals surface area (Å²) in [5, 5.41) is 13.2. The molecule has 0 unspecified atom stereocenters. The molecule has 4 rings (SSSR count). The number of pyridine rings is 1. The monoisotopic (exact) mass is 453 g/mol. The highest BCUT2D eigenvalue weighted by Gasteiger charge is 2.25. The van der Waals surface area contributed by atoms with Crippen LogP contribution in [0.2, 0.25) is 4.47 Å². The second kappa shape index (κ2) is 10.6. The average molecular weight is 454 g/mol. The number of hydrazone groups is 1. The van der Waals surface area contributed by atoms with Crippen molar-refractivity contribution in [2.24, 2.45) is 5.10 Å². The fraction of sp³-hybridized carbons (Fsp3) is 0.500. The molecule has 4 heterocycles. The van der Waals surface area contributed by atoms with E-state index in [0.29, 0.717) is 17.1 Å². The molecule has 0 bridgehead atoms. The number of ether oxygens (including phenoxy) is 1. The molecule has 0 spiro atoms. The number of thiazole rings is 1. The molecule has 1 atom stereocenters. The molecule has 12 heteroatoms. The van der Waals surface area contributed by atoms with Crippen LogP contribution in [0.5, 0.6) is 0 Å². The number of nitrogens with zero attached hydrogens (tertiary/aromatic N) is 7. The fourth-order valence-electron chi connectivity index (χ4n) is 3.42. The minimum absolute atomic E-state index is 0.243. The molecule has 10 nitrogen and oxygen atoms in total. The first-order valence-corrected chi connectivity index (χ1v) is 10.6. The van der Waals surface area contributed by atoms with E-state index in [0.717, 1.165) is 4.88 Å². The van der Waals surface area contributed by atoms with Crippen LogP contribution >= 0.6 is 22.9 Å². The molecule has 2 aliphatic rings. The summed E-state index contributed by atoms with van der Waals surface area (Å²) in [7, 11) is 3.86. The van der Waals surface area contributed by atoms with Gasteiger partial charge in [0.05, 0.1) is 6.54 Å². The first kappa shape index (κ1) is 22.3. The van der Waals surface area contributed by atoms with E-state index in [9.17, 15) is 10.1 Å². The van der Waals surface area contributed by atoms with Crippen molar-refractivity contribution in [3.63, 3.8) is 0 Å². The van der Waals surface area contributed by atoms with Gasteiger partial charge in [-0.05, 0) is 38.1 Å². The molecule has 2 aliphatic heterocycles. The molecule has 0 amide bonds. The van der Waals surface area contributed by atoms with Gasteiger partial charge in [-0.25, -0.2) is 15.1 Å². The van der Waals surface area contributed by atoms with Gasteiger partial charge in [0.15, 0.2) is 9.50 Å². The maximum absolute atomic E-state index is 10.5. The van der Waals surface area contributed by atoms with Gasteiger partial charge in [0.2, 0.25) is 0 Å². The van der Waals surface area contributed by atoms with Gasteiger partial charge in [-0.1, -0.05) is 17.7 Å². The number of hydrogen-bond acceptors (Lipinski definition) is 7. The van der Waals surface area contributed by atoms with E-state index in [1.54, 1.807) is 23.0 Å². The van der Waals surface area contributed by atoms with Gasteiger partial charge in [0, 0.05) is 36.6 Å². The van der Waals surface area contributed by atoms with Gasteiger partial charge < -0.3 is 14.5 Å². The third-order valence-corrected chi connectivity index (χ3v) is 5.89. The number of likely N-dealkylation sites (tertiary alicyclic amines) is 1. The minimum Gasteiger partial charge on any atom is -0.341 e. The van der Waals surface area contributed by atoms with Crippen LogP contribution in [0.4, 0.5) is 0 Å². The maximum Gasteiger partial charge on any atom is 0.277 e. The Labute approximate surface area is 183 Å². The topological polar surface area (TPSA) is 100 Å². The summed E-state index contributed by atoms with van der Waals surface area (Å²) in [6.45, 7) is 2.15. The lowest BCUT2D eigenvalue weighted by Gasteiger charge is -2.34. The smallest absolute Gasteiger partial charge is 0.277 e. The molecule has 162 valence electrons. The molecule has 0 N–H and O–H groups in total. The van der Waals surface area contributed by atoms with Crippen molar-refractivity contribution < 1.29 is 9.77 Å². The molecule has 0 aromatic carbocycles. The maximum atomic E-state index is 10.5. The Bertz CT molecular complexity index is 866. The Kier molecular flexibility index (Phi) is 7.91. The second-order valence-corrected chi connectivity index (χ2v) is 8.70. The zero-order valence-electron chi connectivity index (χ0n) is 16.8. The standard InChI is InChI=1S/C10H14N2.C8H10ClN5O3S/c1-12-7-3-5-10(12)9-4-2-6-11-8-9;1-12-4-17-5-13(8(12)11-14(15)16)3-6-2-10-7(9)18-6/h2,4,6,8,10H,3,5,7H2,1H3;2H,3-5H2,1H3/b;11-8+/t10-;/m0./s1. The van der Waals surface area contributed by atoms with Gasteiger partial charge in [-0.2, -0.15) is 0 Å². The van der Waals surface area contributed by atoms with E-state index in [2.05, 4.69) is 33.1 Å². The predicted octanol–water partition coefficient (Wildman–Crippen LogP) is 2.87. The summed E-state index contributed by atoms with van der Waals surface area (Å²) < 4.78 is 5.72. The summed E-state index contributed by atoms with van der Waals surface area (Å²) in [6.07, 6.45) is 8.04. The number of rotatable bonds is 4. The summed E-state index contributed by atoms with van der Waals surface area (Å²) in [4.78, 5) is 25.1. The van der Waals surface area contributed by atoms with Crippen molar-refractivity contribution in [1.82, 2.24) is 24.7 Å². The Morgan fingerprint density at radius 2 is 2.23 bits per heavy atom. The second-order valence-electron chi connectivity index (χ2n) is 7.00. The van der Waals surface area contributed by atoms with Gasteiger partial charge in [-0.3, -0.25) is 9.88 Å². The number of guanidine groups is 1. The van der Waals surface area contributed by atoms with Crippen LogP contribution in [0, 0.1) is 10.1 Å². The predicted molar refractivity (Wildman–Crippen MR) is 115 cm³/mol. The fourth-order valence-corrected chi connectivity index (χ4v) is 4.42. The molecule has 2 aromatic heterocycles. The van der Waals surface area contributed by atoms with Gasteiger partial charge >= 0.3 is 0 Å². The molecular weight excluding hydrogens is 430 g/mol. The summed E-state index contributed by atoms with van der Waals surface area (Å²) >= 11 is 7.05. The van der Waals surface area contributed by atoms with Crippen molar-refractivity contribution in [3.8, 4) is 0 Å². The quantitative estimate of drug-likeness (QED) is 0.514. The lowest BCUT2D eigenvalue weighted by atomic mass is 10.1. The van der Waals surface area contributed by atoms with Crippen LogP contribution in [0.3, 0.4) is 0 Å². The van der Waals surface area contributed by atoms with E-state index in [1.807, 2.05) is 18.5 Å². The van der Waals surface area contributed by atoms with Crippen LogP contribution in [0.1, 0.15) is 29.3 Å². The van der Waals surface area contributed by atoms with Gasteiger partial charge in [-0.15, -0.1) is 11.3 Å². The first-order chi connectivity index (χ1) is 14.4. The summed E-state index contributed by atoms with van der Waals surface area (Å²) in [6, 6.07) is 4.79. The van der Waals surface area contributed by atoms with E-state index < -0.39 is 5.03 Å². The van der Waals surface area contributed by atoms with E-state index in [4.69, 9.17) is 16.3 Å². The Balaban J connectivity index is 0.000000184. The van der Waals surface area contributed by atoms with E-state index >= 15 is 0 Å². The SMILES string of the molecule is CN1CCC[C@H]1c1cccnc1.CN1COCN(Cc2cnc(Cl)s2)/C1=N/[N+](=O)[O-]. The molecule has 2 aromatic rings. The zero-order valence-corrected chi connectivity index (χ0v) is 18.4. The summed E-state index contributed by atoms with van der Waals surface area (Å²) in [5.41, 5.74) is 1.36. The number of aromatic nitrogens is 2. The molecule has 0 saturated carbocycles. The molecule has 0 aliphatic carbocycles. The van der Waals surface area contributed by atoms with Crippen LogP contribution in [-0.4, -0.2) is 69.8 Å². The molecule has 0 radical (unpaired) electrons. The molecular formula is C18H24ClN7O3S. The average Bonchev–Trinajstić information content (AvgIpc) is 3.33. The lowest BCUT2D eigenvalue weighted by Crippen LogP contribution is -2.49. The highest BCUT2D eigenvalue weighted by molar-refractivity contribution is 7.15. The third-order valence-electron chi connectivity index (χ3n) is 4.79. The van der Waals surface area contributed by atoms with Crippen molar-refractivity contribution in [3.05, 3.63) is 55.7 Å². The summed E-state index contributed by atoms with van der Waals surface area (Å²) in [5.74, 6) is 0.260. The highest BCUT2D eigenvalue weighted by Crippen LogP contribution is 2.29. The van der Waals surface area contributed by atoms with Crippen molar-refractivity contribution in [2.45, 2.75) is 25.4 Å². The third kappa shape index (κ3) is 6.08. The van der Waals surface area contributed by atoms with Crippen LogP contribution in [0.15, 0.2) is 35.8 Å².